The van der Waals surface area contributed by atoms with Gasteiger partial charge in [0.15, 0.2) is 0 Å². The highest BCUT2D eigenvalue weighted by atomic mass is 19.1. The van der Waals surface area contributed by atoms with E-state index < -0.39 is 0 Å². The summed E-state index contributed by atoms with van der Waals surface area (Å²) in [5, 5.41) is 4.40. The molecule has 0 spiro atoms. The van der Waals surface area contributed by atoms with Crippen molar-refractivity contribution in [3.8, 4) is 11.1 Å². The first-order chi connectivity index (χ1) is 8.52. The zero-order chi connectivity index (χ0) is 13.3. The van der Waals surface area contributed by atoms with Gasteiger partial charge in [-0.2, -0.15) is 5.10 Å². The van der Waals surface area contributed by atoms with Gasteiger partial charge < -0.3 is 5.73 Å². The summed E-state index contributed by atoms with van der Waals surface area (Å²) >= 11 is 0. The molecule has 0 bridgehead atoms. The molecule has 0 saturated carbocycles. The van der Waals surface area contributed by atoms with Gasteiger partial charge in [-0.3, -0.25) is 4.68 Å². The van der Waals surface area contributed by atoms with Crippen LogP contribution in [0.3, 0.4) is 0 Å². The molecule has 2 aromatic rings. The number of nitrogens with zero attached hydrogens (tertiary/aromatic N) is 2. The Bertz CT molecular complexity index is 558. The van der Waals surface area contributed by atoms with Crippen LogP contribution in [0.5, 0.6) is 0 Å². The Labute approximate surface area is 106 Å². The molecule has 0 amide bonds. The third-order valence-corrected chi connectivity index (χ3v) is 3.00. The van der Waals surface area contributed by atoms with Crippen molar-refractivity contribution in [2.24, 2.45) is 5.73 Å². The molecule has 0 aliphatic carbocycles. The lowest BCUT2D eigenvalue weighted by molar-refractivity contribution is 0.529. The number of aromatic nitrogens is 2. The molecule has 2 rings (SSSR count). The molecule has 0 atom stereocenters. The van der Waals surface area contributed by atoms with Gasteiger partial charge in [0.1, 0.15) is 5.82 Å². The highest BCUT2D eigenvalue weighted by Crippen LogP contribution is 2.27. The predicted molar refractivity (Wildman–Crippen MR) is 70.6 cm³/mol. The first kappa shape index (κ1) is 12.8. The van der Waals surface area contributed by atoms with Crippen molar-refractivity contribution < 1.29 is 4.39 Å². The molecule has 96 valence electrons. The fourth-order valence-electron chi connectivity index (χ4n) is 1.92. The van der Waals surface area contributed by atoms with E-state index in [2.05, 4.69) is 5.10 Å². The monoisotopic (exact) mass is 247 g/mol. The molecule has 1 heterocycles. The second kappa shape index (κ2) is 4.90. The number of hydrogen-bond donors (Lipinski definition) is 1. The molecule has 3 nitrogen and oxygen atoms in total. The summed E-state index contributed by atoms with van der Waals surface area (Å²) in [6.07, 6.45) is 1.89. The lowest BCUT2D eigenvalue weighted by Crippen LogP contribution is -2.00. The second-order valence-corrected chi connectivity index (χ2v) is 4.72. The fourth-order valence-corrected chi connectivity index (χ4v) is 1.92. The van der Waals surface area contributed by atoms with Gasteiger partial charge in [-0.15, -0.1) is 0 Å². The van der Waals surface area contributed by atoms with Crippen LogP contribution in [0, 0.1) is 12.7 Å². The molecule has 0 aliphatic heterocycles. The molecule has 0 aliphatic rings. The van der Waals surface area contributed by atoms with Gasteiger partial charge in [0, 0.05) is 29.9 Å². The maximum atomic E-state index is 13.9. The molecule has 1 aromatic carbocycles. The Hall–Kier alpha value is -1.68. The summed E-state index contributed by atoms with van der Waals surface area (Å²) in [6, 6.07) is 5.23. The van der Waals surface area contributed by atoms with E-state index >= 15 is 0 Å². The maximum absolute atomic E-state index is 13.9. The molecule has 2 N–H and O–H groups in total. The average molecular weight is 247 g/mol. The van der Waals surface area contributed by atoms with E-state index in [0.29, 0.717) is 12.1 Å². The number of aryl methyl sites for hydroxylation is 1. The van der Waals surface area contributed by atoms with Crippen molar-refractivity contribution >= 4 is 0 Å². The first-order valence-corrected chi connectivity index (χ1v) is 6.07. The van der Waals surface area contributed by atoms with Gasteiger partial charge in [0.05, 0.1) is 5.69 Å². The van der Waals surface area contributed by atoms with Crippen molar-refractivity contribution in [3.63, 3.8) is 0 Å². The molecule has 0 fully saturated rings. The highest BCUT2D eigenvalue weighted by Gasteiger charge is 2.13. The summed E-state index contributed by atoms with van der Waals surface area (Å²) in [5.41, 5.74) is 8.75. The summed E-state index contributed by atoms with van der Waals surface area (Å²) in [5.74, 6) is -0.237. The summed E-state index contributed by atoms with van der Waals surface area (Å²) in [7, 11) is 0. The predicted octanol–water partition coefficient (Wildman–Crippen LogP) is 3.04. The summed E-state index contributed by atoms with van der Waals surface area (Å²) in [4.78, 5) is 0. The average Bonchev–Trinajstić information content (AvgIpc) is 2.72. The van der Waals surface area contributed by atoms with E-state index in [-0.39, 0.29) is 11.9 Å². The van der Waals surface area contributed by atoms with Crippen LogP contribution in [0.4, 0.5) is 4.39 Å². The first-order valence-electron chi connectivity index (χ1n) is 6.07. The summed E-state index contributed by atoms with van der Waals surface area (Å²) < 4.78 is 15.8. The lowest BCUT2D eigenvalue weighted by Gasteiger charge is -2.05. The maximum Gasteiger partial charge on any atom is 0.131 e. The Kier molecular flexibility index (Phi) is 3.48. The topological polar surface area (TPSA) is 43.8 Å². The van der Waals surface area contributed by atoms with Gasteiger partial charge in [0.25, 0.3) is 0 Å². The third kappa shape index (κ3) is 2.29. The molecule has 0 saturated heterocycles. The number of benzene rings is 1. The number of hydrogen-bond acceptors (Lipinski definition) is 2. The summed E-state index contributed by atoms with van der Waals surface area (Å²) in [6.45, 7) is 6.39. The van der Waals surface area contributed by atoms with Crippen molar-refractivity contribution in [1.29, 1.82) is 0 Å². The minimum absolute atomic E-state index is 0.237. The van der Waals surface area contributed by atoms with Crippen LogP contribution < -0.4 is 5.73 Å². The van der Waals surface area contributed by atoms with E-state index in [4.69, 9.17) is 5.73 Å². The Morgan fingerprint density at radius 1 is 1.33 bits per heavy atom. The van der Waals surface area contributed by atoms with Crippen LogP contribution >= 0.6 is 0 Å². The van der Waals surface area contributed by atoms with E-state index in [1.165, 1.54) is 6.07 Å². The van der Waals surface area contributed by atoms with Crippen LogP contribution in [-0.2, 0) is 6.54 Å². The SMILES string of the molecule is Cc1nn(C(C)C)cc1-c1cc(CN)ccc1F. The fraction of sp³-hybridized carbons (Fsp3) is 0.357. The number of nitrogens with two attached hydrogens (primary N) is 1. The van der Waals surface area contributed by atoms with E-state index in [0.717, 1.165) is 16.8 Å². The van der Waals surface area contributed by atoms with Crippen molar-refractivity contribution in [2.75, 3.05) is 0 Å². The van der Waals surface area contributed by atoms with Gasteiger partial charge >= 0.3 is 0 Å². The minimum atomic E-state index is -0.237. The van der Waals surface area contributed by atoms with E-state index in [9.17, 15) is 4.39 Å². The highest BCUT2D eigenvalue weighted by molar-refractivity contribution is 5.66. The van der Waals surface area contributed by atoms with Crippen LogP contribution in [0.25, 0.3) is 11.1 Å². The quantitative estimate of drug-likeness (QED) is 0.906. The van der Waals surface area contributed by atoms with Gasteiger partial charge in [0.2, 0.25) is 0 Å². The molecular weight excluding hydrogens is 229 g/mol. The third-order valence-electron chi connectivity index (χ3n) is 3.00. The molecule has 1 aromatic heterocycles. The van der Waals surface area contributed by atoms with Gasteiger partial charge in [-0.1, -0.05) is 6.07 Å². The Balaban J connectivity index is 2.54. The van der Waals surface area contributed by atoms with Crippen molar-refractivity contribution in [1.82, 2.24) is 9.78 Å². The van der Waals surface area contributed by atoms with E-state index in [1.54, 1.807) is 12.1 Å². The van der Waals surface area contributed by atoms with Crippen LogP contribution in [0.1, 0.15) is 31.1 Å². The largest absolute Gasteiger partial charge is 0.326 e. The van der Waals surface area contributed by atoms with Gasteiger partial charge in [-0.25, -0.2) is 4.39 Å². The molecule has 0 unspecified atom stereocenters. The Morgan fingerprint density at radius 3 is 2.61 bits per heavy atom. The number of halogens is 1. The molecule has 4 heteroatoms. The molecule has 18 heavy (non-hydrogen) atoms. The normalized spacial score (nSPS) is 11.2. The zero-order valence-electron chi connectivity index (χ0n) is 10.9. The number of rotatable bonds is 3. The smallest absolute Gasteiger partial charge is 0.131 e. The van der Waals surface area contributed by atoms with Crippen molar-refractivity contribution in [2.45, 2.75) is 33.4 Å². The standard InChI is InChI=1S/C14H18FN3/c1-9(2)18-8-13(10(3)17-18)12-6-11(7-16)4-5-14(12)15/h4-6,8-9H,7,16H2,1-3H3. The lowest BCUT2D eigenvalue weighted by atomic mass is 10.0. The minimum Gasteiger partial charge on any atom is -0.326 e. The molecular formula is C14H18FN3. The Morgan fingerprint density at radius 2 is 2.06 bits per heavy atom. The second-order valence-electron chi connectivity index (χ2n) is 4.72. The molecule has 0 radical (unpaired) electrons. The zero-order valence-corrected chi connectivity index (χ0v) is 10.9. The van der Waals surface area contributed by atoms with Gasteiger partial charge in [-0.05, 0) is 38.5 Å². The van der Waals surface area contributed by atoms with Crippen LogP contribution in [-0.4, -0.2) is 9.78 Å². The van der Waals surface area contributed by atoms with Crippen LogP contribution in [0.15, 0.2) is 24.4 Å². The van der Waals surface area contributed by atoms with Crippen LogP contribution in [0.2, 0.25) is 0 Å². The van der Waals surface area contributed by atoms with Crippen molar-refractivity contribution in [3.05, 3.63) is 41.5 Å². The van der Waals surface area contributed by atoms with E-state index in [1.807, 2.05) is 31.6 Å².